The molecular weight excluding hydrogens is 365 g/mol. The number of hydrogen-bond donors (Lipinski definition) is 0. The molecule has 5 heteroatoms. The van der Waals surface area contributed by atoms with E-state index in [0.717, 1.165) is 36.2 Å². The summed E-state index contributed by atoms with van der Waals surface area (Å²) in [5.74, 6) is 0.999. The van der Waals surface area contributed by atoms with Crippen LogP contribution < -0.4 is 0 Å². The molecule has 1 saturated heterocycles. The molecule has 0 spiro atoms. The number of likely N-dealkylation sites (tertiary alicyclic amines) is 1. The predicted molar refractivity (Wildman–Crippen MR) is 111 cm³/mol. The Morgan fingerprint density at radius 1 is 1.00 bits per heavy atom. The Kier molecular flexibility index (Phi) is 4.82. The standard InChI is InChI=1S/C24H26FN3O/c25-20-11-5-4-8-17(20)15-28-22-13-7-6-12-21(22)26-24(28)18-14-23(29)27(16-18)19-9-2-1-3-10-19/h4-8,11-13,18-19H,1-3,9-10,14-16H2. The highest BCUT2D eigenvalue weighted by atomic mass is 19.1. The van der Waals surface area contributed by atoms with Gasteiger partial charge in [0.2, 0.25) is 5.91 Å². The molecule has 5 rings (SSSR count). The van der Waals surface area contributed by atoms with Gasteiger partial charge in [-0.05, 0) is 31.0 Å². The van der Waals surface area contributed by atoms with Crippen LogP contribution >= 0.6 is 0 Å². The molecule has 1 unspecified atom stereocenters. The van der Waals surface area contributed by atoms with Gasteiger partial charge in [-0.15, -0.1) is 0 Å². The summed E-state index contributed by atoms with van der Waals surface area (Å²) in [5.41, 5.74) is 2.54. The number of aromatic nitrogens is 2. The van der Waals surface area contributed by atoms with Crippen LogP contribution in [0, 0.1) is 5.82 Å². The van der Waals surface area contributed by atoms with E-state index in [0.29, 0.717) is 24.6 Å². The average molecular weight is 391 g/mol. The van der Waals surface area contributed by atoms with Crippen molar-refractivity contribution in [1.29, 1.82) is 0 Å². The fourth-order valence-electron chi connectivity index (χ4n) is 5.02. The van der Waals surface area contributed by atoms with Gasteiger partial charge in [0.25, 0.3) is 0 Å². The number of nitrogens with zero attached hydrogens (tertiary/aromatic N) is 3. The second-order valence-corrected chi connectivity index (χ2v) is 8.38. The van der Waals surface area contributed by atoms with Gasteiger partial charge in [0, 0.05) is 30.5 Å². The van der Waals surface area contributed by atoms with Crippen LogP contribution in [0.15, 0.2) is 48.5 Å². The number of hydrogen-bond acceptors (Lipinski definition) is 2. The zero-order chi connectivity index (χ0) is 19.8. The quantitative estimate of drug-likeness (QED) is 0.636. The first kappa shape index (κ1) is 18.3. The molecule has 1 aliphatic heterocycles. The van der Waals surface area contributed by atoms with Crippen LogP contribution in [-0.4, -0.2) is 32.9 Å². The van der Waals surface area contributed by atoms with Gasteiger partial charge in [0.15, 0.2) is 0 Å². The van der Waals surface area contributed by atoms with E-state index in [2.05, 4.69) is 9.47 Å². The van der Waals surface area contributed by atoms with Crippen molar-refractivity contribution in [3.63, 3.8) is 0 Å². The van der Waals surface area contributed by atoms with Crippen LogP contribution in [0.3, 0.4) is 0 Å². The summed E-state index contributed by atoms with van der Waals surface area (Å²) in [4.78, 5) is 19.8. The molecule has 0 N–H and O–H groups in total. The van der Waals surface area contributed by atoms with Gasteiger partial charge in [0.05, 0.1) is 17.6 Å². The number of amides is 1. The van der Waals surface area contributed by atoms with Gasteiger partial charge in [-0.1, -0.05) is 49.6 Å². The van der Waals surface area contributed by atoms with Crippen LogP contribution in [0.25, 0.3) is 11.0 Å². The van der Waals surface area contributed by atoms with Gasteiger partial charge >= 0.3 is 0 Å². The third kappa shape index (κ3) is 3.43. The molecule has 1 atom stereocenters. The molecular formula is C24H26FN3O. The summed E-state index contributed by atoms with van der Waals surface area (Å²) in [7, 11) is 0. The highest BCUT2D eigenvalue weighted by molar-refractivity contribution is 5.81. The molecule has 150 valence electrons. The second-order valence-electron chi connectivity index (χ2n) is 8.38. The van der Waals surface area contributed by atoms with Crippen molar-refractivity contribution in [2.45, 2.75) is 57.0 Å². The number of carbonyl (C=O) groups excluding carboxylic acids is 1. The minimum atomic E-state index is -0.206. The van der Waals surface area contributed by atoms with E-state index < -0.39 is 0 Å². The van der Waals surface area contributed by atoms with Crippen molar-refractivity contribution in [2.24, 2.45) is 0 Å². The lowest BCUT2D eigenvalue weighted by atomic mass is 9.94. The van der Waals surface area contributed by atoms with Gasteiger partial charge in [-0.2, -0.15) is 0 Å². The van der Waals surface area contributed by atoms with Crippen LogP contribution in [0.4, 0.5) is 4.39 Å². The molecule has 3 aromatic rings. The van der Waals surface area contributed by atoms with Crippen LogP contribution in [0.5, 0.6) is 0 Å². The maximum absolute atomic E-state index is 14.4. The number of imidazole rings is 1. The monoisotopic (exact) mass is 391 g/mol. The molecule has 2 heterocycles. The van der Waals surface area contributed by atoms with Crippen molar-refractivity contribution >= 4 is 16.9 Å². The molecule has 1 saturated carbocycles. The van der Waals surface area contributed by atoms with Crippen LogP contribution in [0.2, 0.25) is 0 Å². The topological polar surface area (TPSA) is 38.1 Å². The summed E-state index contributed by atoms with van der Waals surface area (Å²) in [6.07, 6.45) is 6.43. The number of fused-ring (bicyclic) bond motifs is 1. The Morgan fingerprint density at radius 2 is 1.76 bits per heavy atom. The fraction of sp³-hybridized carbons (Fsp3) is 0.417. The first-order chi connectivity index (χ1) is 14.2. The van der Waals surface area contributed by atoms with Crippen molar-refractivity contribution in [2.75, 3.05) is 6.54 Å². The summed E-state index contributed by atoms with van der Waals surface area (Å²) < 4.78 is 16.5. The number of para-hydroxylation sites is 2. The first-order valence-electron chi connectivity index (χ1n) is 10.7. The number of carbonyl (C=O) groups is 1. The average Bonchev–Trinajstić information content (AvgIpc) is 3.31. The lowest BCUT2D eigenvalue weighted by Gasteiger charge is -2.31. The maximum Gasteiger partial charge on any atom is 0.223 e. The smallest absolute Gasteiger partial charge is 0.223 e. The van der Waals surface area contributed by atoms with E-state index in [1.165, 1.54) is 25.3 Å². The second kappa shape index (κ2) is 7.62. The molecule has 1 amide bonds. The van der Waals surface area contributed by atoms with E-state index in [1.54, 1.807) is 6.07 Å². The summed E-state index contributed by atoms with van der Waals surface area (Å²) >= 11 is 0. The van der Waals surface area contributed by atoms with E-state index >= 15 is 0 Å². The SMILES string of the molecule is O=C1CC(c2nc3ccccc3n2Cc2ccccc2F)CN1C1CCCCC1. The molecule has 29 heavy (non-hydrogen) atoms. The van der Waals surface area contributed by atoms with Crippen LogP contribution in [-0.2, 0) is 11.3 Å². The largest absolute Gasteiger partial charge is 0.339 e. The Morgan fingerprint density at radius 3 is 2.59 bits per heavy atom. The lowest BCUT2D eigenvalue weighted by Crippen LogP contribution is -2.37. The van der Waals surface area contributed by atoms with E-state index in [4.69, 9.17) is 4.98 Å². The zero-order valence-electron chi connectivity index (χ0n) is 16.6. The Hall–Kier alpha value is -2.69. The molecule has 4 nitrogen and oxygen atoms in total. The van der Waals surface area contributed by atoms with Crippen molar-refractivity contribution in [3.8, 4) is 0 Å². The summed E-state index contributed by atoms with van der Waals surface area (Å²) in [5, 5.41) is 0. The molecule has 1 aliphatic carbocycles. The number of halogens is 1. The highest BCUT2D eigenvalue weighted by Crippen LogP contribution is 2.35. The molecule has 0 bridgehead atoms. The molecule has 0 radical (unpaired) electrons. The van der Waals surface area contributed by atoms with Crippen molar-refractivity contribution in [3.05, 3.63) is 65.7 Å². The molecule has 2 fully saturated rings. The minimum Gasteiger partial charge on any atom is -0.339 e. The van der Waals surface area contributed by atoms with Gasteiger partial charge in [-0.25, -0.2) is 9.37 Å². The Bertz CT molecular complexity index is 1040. The fourth-order valence-corrected chi connectivity index (χ4v) is 5.02. The first-order valence-corrected chi connectivity index (χ1v) is 10.7. The third-order valence-electron chi connectivity index (χ3n) is 6.51. The minimum absolute atomic E-state index is 0.0589. The lowest BCUT2D eigenvalue weighted by molar-refractivity contribution is -0.130. The van der Waals surface area contributed by atoms with E-state index in [1.807, 2.05) is 36.4 Å². The zero-order valence-corrected chi connectivity index (χ0v) is 16.6. The van der Waals surface area contributed by atoms with Crippen molar-refractivity contribution < 1.29 is 9.18 Å². The third-order valence-corrected chi connectivity index (χ3v) is 6.51. The van der Waals surface area contributed by atoms with Crippen LogP contribution in [0.1, 0.15) is 55.8 Å². The Labute approximate surface area is 170 Å². The van der Waals surface area contributed by atoms with Gasteiger partial charge in [0.1, 0.15) is 11.6 Å². The summed E-state index contributed by atoms with van der Waals surface area (Å²) in [6.45, 7) is 1.15. The van der Waals surface area contributed by atoms with E-state index in [9.17, 15) is 9.18 Å². The highest BCUT2D eigenvalue weighted by Gasteiger charge is 2.37. The maximum atomic E-state index is 14.4. The van der Waals surface area contributed by atoms with Crippen molar-refractivity contribution in [1.82, 2.24) is 14.5 Å². The number of rotatable bonds is 4. The van der Waals surface area contributed by atoms with Gasteiger partial charge < -0.3 is 9.47 Å². The summed E-state index contributed by atoms with van der Waals surface area (Å²) in [6, 6.07) is 15.3. The molecule has 2 aromatic carbocycles. The molecule has 1 aromatic heterocycles. The Balaban J connectivity index is 1.50. The normalized spacial score (nSPS) is 20.7. The van der Waals surface area contributed by atoms with E-state index in [-0.39, 0.29) is 17.6 Å². The van der Waals surface area contributed by atoms with Gasteiger partial charge in [-0.3, -0.25) is 4.79 Å². The molecule has 2 aliphatic rings. The number of benzene rings is 2. The predicted octanol–water partition coefficient (Wildman–Crippen LogP) is 4.87.